The molecule has 1 aromatic carbocycles. The number of anilines is 1. The molecule has 1 aliphatic carbocycles. The van der Waals surface area contributed by atoms with E-state index in [1.54, 1.807) is 19.2 Å². The number of benzene rings is 1. The van der Waals surface area contributed by atoms with Gasteiger partial charge in [-0.05, 0) is 43.4 Å². The lowest BCUT2D eigenvalue weighted by Crippen LogP contribution is -2.18. The number of hydrogen-bond acceptors (Lipinski definition) is 4. The number of aryl methyl sites for hydroxylation is 2. The largest absolute Gasteiger partial charge is 0.358 e. The molecule has 0 spiro atoms. The maximum Gasteiger partial charge on any atom is 0.314 e. The Morgan fingerprint density at radius 1 is 1.33 bits per heavy atom. The van der Waals surface area contributed by atoms with Gasteiger partial charge in [-0.1, -0.05) is 24.3 Å². The minimum absolute atomic E-state index is 0.0700. The molecule has 3 rings (SSSR count). The van der Waals surface area contributed by atoms with Crippen molar-refractivity contribution in [1.82, 2.24) is 4.98 Å². The molecule has 1 aliphatic rings. The van der Waals surface area contributed by atoms with Crippen molar-refractivity contribution >= 4 is 11.5 Å². The molecular formula is C16H17N3O2. The summed E-state index contributed by atoms with van der Waals surface area (Å²) in [5.41, 5.74) is 3.24. The van der Waals surface area contributed by atoms with E-state index in [-0.39, 0.29) is 16.7 Å². The Labute approximate surface area is 123 Å². The van der Waals surface area contributed by atoms with E-state index < -0.39 is 0 Å². The molecule has 1 aromatic heterocycles. The first-order valence-corrected chi connectivity index (χ1v) is 7.11. The Morgan fingerprint density at radius 3 is 2.95 bits per heavy atom. The molecule has 0 aliphatic heterocycles. The maximum absolute atomic E-state index is 11.3. The fraction of sp³-hybridized carbons (Fsp3) is 0.312. The molecule has 1 heterocycles. The van der Waals surface area contributed by atoms with Crippen LogP contribution in [0.3, 0.4) is 0 Å². The van der Waals surface area contributed by atoms with Crippen LogP contribution in [0.15, 0.2) is 36.5 Å². The Bertz CT molecular complexity index is 685. The maximum atomic E-state index is 11.3. The lowest BCUT2D eigenvalue weighted by atomic mass is 9.88. The van der Waals surface area contributed by atoms with E-state index in [9.17, 15) is 10.1 Å². The first-order valence-electron chi connectivity index (χ1n) is 7.11. The van der Waals surface area contributed by atoms with Crippen molar-refractivity contribution in [3.63, 3.8) is 0 Å². The summed E-state index contributed by atoms with van der Waals surface area (Å²) in [7, 11) is 0. The average molecular weight is 283 g/mol. The molecule has 0 amide bonds. The summed E-state index contributed by atoms with van der Waals surface area (Å²) in [6.07, 6.45) is 4.72. The number of rotatable bonds is 3. The molecule has 2 aromatic rings. The highest BCUT2D eigenvalue weighted by Gasteiger charge is 2.24. The lowest BCUT2D eigenvalue weighted by molar-refractivity contribution is -0.384. The van der Waals surface area contributed by atoms with E-state index in [0.717, 1.165) is 19.3 Å². The van der Waals surface area contributed by atoms with Gasteiger partial charge in [0.15, 0.2) is 0 Å². The SMILES string of the molecule is Cc1ccnc(NC2CCCc3ccccc32)c1[N+](=O)[O-]. The minimum atomic E-state index is -0.362. The van der Waals surface area contributed by atoms with Gasteiger partial charge in [0, 0.05) is 11.8 Å². The fourth-order valence-corrected chi connectivity index (χ4v) is 2.96. The van der Waals surface area contributed by atoms with Crippen LogP contribution in [0.2, 0.25) is 0 Å². The molecule has 108 valence electrons. The fourth-order valence-electron chi connectivity index (χ4n) is 2.96. The molecule has 5 nitrogen and oxygen atoms in total. The quantitative estimate of drug-likeness (QED) is 0.687. The van der Waals surface area contributed by atoms with E-state index in [2.05, 4.69) is 22.4 Å². The topological polar surface area (TPSA) is 68.1 Å². The highest BCUT2D eigenvalue weighted by Crippen LogP contribution is 2.35. The molecule has 0 fully saturated rings. The molecule has 0 saturated heterocycles. The second kappa shape index (κ2) is 5.52. The zero-order chi connectivity index (χ0) is 14.8. The van der Waals surface area contributed by atoms with Crippen LogP contribution >= 0.6 is 0 Å². The molecule has 1 unspecified atom stereocenters. The Hall–Kier alpha value is -2.43. The lowest BCUT2D eigenvalue weighted by Gasteiger charge is -2.26. The third-order valence-electron chi connectivity index (χ3n) is 3.99. The Morgan fingerprint density at radius 2 is 2.14 bits per heavy atom. The van der Waals surface area contributed by atoms with Gasteiger partial charge in [0.1, 0.15) is 0 Å². The summed E-state index contributed by atoms with van der Waals surface area (Å²) < 4.78 is 0. The first-order chi connectivity index (χ1) is 10.2. The van der Waals surface area contributed by atoms with E-state index in [4.69, 9.17) is 0 Å². The van der Waals surface area contributed by atoms with Crippen molar-refractivity contribution < 1.29 is 4.92 Å². The summed E-state index contributed by atoms with van der Waals surface area (Å²) in [6, 6.07) is 10.0. The van der Waals surface area contributed by atoms with Crippen LogP contribution in [-0.4, -0.2) is 9.91 Å². The summed E-state index contributed by atoms with van der Waals surface area (Å²) in [4.78, 5) is 15.1. The van der Waals surface area contributed by atoms with Crippen LogP contribution in [0.5, 0.6) is 0 Å². The van der Waals surface area contributed by atoms with Crippen molar-refractivity contribution in [2.75, 3.05) is 5.32 Å². The zero-order valence-electron chi connectivity index (χ0n) is 11.9. The first kappa shape index (κ1) is 13.5. The van der Waals surface area contributed by atoms with Crippen molar-refractivity contribution in [2.24, 2.45) is 0 Å². The van der Waals surface area contributed by atoms with Crippen molar-refractivity contribution in [1.29, 1.82) is 0 Å². The number of nitrogens with zero attached hydrogens (tertiary/aromatic N) is 2. The monoisotopic (exact) mass is 283 g/mol. The standard InChI is InChI=1S/C16H17N3O2/c1-11-9-10-17-16(15(11)19(20)21)18-14-8-4-6-12-5-2-3-7-13(12)14/h2-3,5,7,9-10,14H,4,6,8H2,1H3,(H,17,18). The summed E-state index contributed by atoms with van der Waals surface area (Å²) in [5, 5.41) is 14.5. The average Bonchev–Trinajstić information content (AvgIpc) is 2.47. The van der Waals surface area contributed by atoms with Crippen LogP contribution in [-0.2, 0) is 6.42 Å². The van der Waals surface area contributed by atoms with Crippen LogP contribution < -0.4 is 5.32 Å². The number of pyridine rings is 1. The molecular weight excluding hydrogens is 266 g/mol. The van der Waals surface area contributed by atoms with Crippen molar-refractivity contribution in [3.8, 4) is 0 Å². The van der Waals surface area contributed by atoms with Gasteiger partial charge < -0.3 is 5.32 Å². The molecule has 5 heteroatoms. The van der Waals surface area contributed by atoms with Gasteiger partial charge >= 0.3 is 5.69 Å². The summed E-state index contributed by atoms with van der Waals surface area (Å²) in [6.45, 7) is 1.74. The van der Waals surface area contributed by atoms with Crippen LogP contribution in [0.1, 0.15) is 35.6 Å². The van der Waals surface area contributed by atoms with Crippen LogP contribution in [0, 0.1) is 17.0 Å². The van der Waals surface area contributed by atoms with Gasteiger partial charge in [0.25, 0.3) is 0 Å². The van der Waals surface area contributed by atoms with E-state index in [1.807, 2.05) is 12.1 Å². The highest BCUT2D eigenvalue weighted by molar-refractivity contribution is 5.61. The normalized spacial score (nSPS) is 17.1. The Balaban J connectivity index is 1.96. The van der Waals surface area contributed by atoms with Gasteiger partial charge in [-0.3, -0.25) is 10.1 Å². The molecule has 21 heavy (non-hydrogen) atoms. The van der Waals surface area contributed by atoms with E-state index >= 15 is 0 Å². The summed E-state index contributed by atoms with van der Waals surface area (Å²) >= 11 is 0. The van der Waals surface area contributed by atoms with E-state index in [1.165, 1.54) is 11.1 Å². The van der Waals surface area contributed by atoms with E-state index in [0.29, 0.717) is 11.4 Å². The number of nitrogens with one attached hydrogen (secondary N) is 1. The minimum Gasteiger partial charge on any atom is -0.358 e. The molecule has 1 N–H and O–H groups in total. The highest BCUT2D eigenvalue weighted by atomic mass is 16.6. The van der Waals surface area contributed by atoms with Gasteiger partial charge in [-0.15, -0.1) is 0 Å². The number of aromatic nitrogens is 1. The molecule has 0 bridgehead atoms. The Kier molecular flexibility index (Phi) is 3.56. The van der Waals surface area contributed by atoms with Gasteiger partial charge in [0.2, 0.25) is 5.82 Å². The van der Waals surface area contributed by atoms with Gasteiger partial charge in [-0.2, -0.15) is 0 Å². The molecule has 1 atom stereocenters. The van der Waals surface area contributed by atoms with Gasteiger partial charge in [-0.25, -0.2) is 4.98 Å². The smallest absolute Gasteiger partial charge is 0.314 e. The van der Waals surface area contributed by atoms with Crippen LogP contribution in [0.4, 0.5) is 11.5 Å². The second-order valence-corrected chi connectivity index (χ2v) is 5.37. The second-order valence-electron chi connectivity index (χ2n) is 5.37. The molecule has 0 saturated carbocycles. The predicted molar refractivity (Wildman–Crippen MR) is 81.4 cm³/mol. The van der Waals surface area contributed by atoms with Gasteiger partial charge in [0.05, 0.1) is 11.0 Å². The third kappa shape index (κ3) is 2.59. The van der Waals surface area contributed by atoms with Crippen molar-refractivity contribution in [3.05, 3.63) is 63.3 Å². The zero-order valence-corrected chi connectivity index (χ0v) is 11.9. The summed E-state index contributed by atoms with van der Waals surface area (Å²) in [5.74, 6) is 0.363. The third-order valence-corrected chi connectivity index (χ3v) is 3.99. The predicted octanol–water partition coefficient (Wildman–Crippen LogP) is 3.79. The number of nitro groups is 1. The number of hydrogen-bond donors (Lipinski definition) is 1. The van der Waals surface area contributed by atoms with Crippen molar-refractivity contribution in [2.45, 2.75) is 32.2 Å². The molecule has 0 radical (unpaired) electrons. The number of fused-ring (bicyclic) bond motifs is 1. The van der Waals surface area contributed by atoms with Crippen LogP contribution in [0.25, 0.3) is 0 Å².